The van der Waals surface area contributed by atoms with Crippen molar-refractivity contribution in [3.63, 3.8) is 0 Å². The summed E-state index contributed by atoms with van der Waals surface area (Å²) in [5, 5.41) is 5.77. The number of benzene rings is 2. The molecule has 0 aliphatic carbocycles. The van der Waals surface area contributed by atoms with E-state index in [2.05, 4.69) is 10.6 Å². The number of hydrogen-bond acceptors (Lipinski definition) is 4. The second kappa shape index (κ2) is 9.80. The summed E-state index contributed by atoms with van der Waals surface area (Å²) in [6.45, 7) is 2.05. The van der Waals surface area contributed by atoms with Gasteiger partial charge in [-0.25, -0.2) is 0 Å². The SMILES string of the molecule is FC(F)Sc1ccc(NC(=S)Nc2cc(C(F)(F)F)ccc2N2CCOCC2)cc1. The second-order valence-corrected chi connectivity index (χ2v) is 7.78. The van der Waals surface area contributed by atoms with Crippen LogP contribution in [0, 0.1) is 0 Å². The van der Waals surface area contributed by atoms with E-state index in [9.17, 15) is 22.0 Å². The van der Waals surface area contributed by atoms with E-state index in [0.717, 1.165) is 12.1 Å². The van der Waals surface area contributed by atoms with Crippen molar-refractivity contribution in [3.05, 3.63) is 48.0 Å². The largest absolute Gasteiger partial charge is 0.416 e. The monoisotopic (exact) mass is 463 g/mol. The number of alkyl halides is 5. The molecule has 1 heterocycles. The number of nitrogens with zero attached hydrogens (tertiary/aromatic N) is 1. The maximum Gasteiger partial charge on any atom is 0.416 e. The standard InChI is InChI=1S/C19H18F5N3OS2/c20-17(21)30-14-4-2-13(3-5-14)25-18(29)26-15-11-12(19(22,23)24)1-6-16(15)27-7-9-28-10-8-27/h1-6,11,17H,7-10H2,(H2,25,26,29). The minimum absolute atomic E-state index is 0.0816. The van der Waals surface area contributed by atoms with Gasteiger partial charge in [-0.15, -0.1) is 0 Å². The number of ether oxygens (including phenoxy) is 1. The van der Waals surface area contributed by atoms with Crippen molar-refractivity contribution >= 4 is 46.2 Å². The van der Waals surface area contributed by atoms with Gasteiger partial charge in [0.1, 0.15) is 0 Å². The summed E-state index contributed by atoms with van der Waals surface area (Å²) in [5.41, 5.74) is 0.525. The maximum absolute atomic E-state index is 13.2. The molecule has 2 N–H and O–H groups in total. The van der Waals surface area contributed by atoms with E-state index in [1.54, 1.807) is 12.1 Å². The zero-order valence-corrected chi connectivity index (χ0v) is 17.1. The van der Waals surface area contributed by atoms with Crippen LogP contribution in [0.2, 0.25) is 0 Å². The molecule has 0 bridgehead atoms. The lowest BCUT2D eigenvalue weighted by Crippen LogP contribution is -2.37. The number of thioether (sulfide) groups is 1. The summed E-state index contributed by atoms with van der Waals surface area (Å²) in [6, 6.07) is 9.60. The van der Waals surface area contributed by atoms with Gasteiger partial charge in [-0.3, -0.25) is 0 Å². The summed E-state index contributed by atoms with van der Waals surface area (Å²) >= 11 is 5.67. The van der Waals surface area contributed by atoms with Gasteiger partial charge in [0, 0.05) is 23.7 Å². The summed E-state index contributed by atoms with van der Waals surface area (Å²) in [5.74, 6) is -2.52. The molecule has 0 unspecified atom stereocenters. The minimum atomic E-state index is -4.49. The lowest BCUT2D eigenvalue weighted by Gasteiger charge is -2.31. The Kier molecular flexibility index (Phi) is 7.37. The fourth-order valence-electron chi connectivity index (χ4n) is 2.90. The molecule has 2 aromatic rings. The molecule has 0 saturated carbocycles. The van der Waals surface area contributed by atoms with Gasteiger partial charge in [-0.05, 0) is 54.7 Å². The first-order chi connectivity index (χ1) is 14.2. The first-order valence-electron chi connectivity index (χ1n) is 8.89. The van der Waals surface area contributed by atoms with Crippen LogP contribution in [-0.2, 0) is 10.9 Å². The average molecular weight is 463 g/mol. The van der Waals surface area contributed by atoms with Gasteiger partial charge in [-0.2, -0.15) is 22.0 Å². The molecular formula is C19H18F5N3OS2. The third kappa shape index (κ3) is 6.19. The number of anilines is 3. The Morgan fingerprint density at radius 3 is 2.30 bits per heavy atom. The molecule has 162 valence electrons. The van der Waals surface area contributed by atoms with Gasteiger partial charge < -0.3 is 20.3 Å². The molecule has 3 rings (SSSR count). The highest BCUT2D eigenvalue weighted by Crippen LogP contribution is 2.36. The van der Waals surface area contributed by atoms with Crippen molar-refractivity contribution in [1.29, 1.82) is 0 Å². The normalized spacial score (nSPS) is 14.7. The molecule has 2 aromatic carbocycles. The first-order valence-corrected chi connectivity index (χ1v) is 10.2. The van der Waals surface area contributed by atoms with Gasteiger partial charge in [0.2, 0.25) is 0 Å². The Morgan fingerprint density at radius 2 is 1.70 bits per heavy atom. The van der Waals surface area contributed by atoms with Crippen LogP contribution >= 0.6 is 24.0 Å². The van der Waals surface area contributed by atoms with Crippen LogP contribution in [0.5, 0.6) is 0 Å². The number of nitrogens with one attached hydrogen (secondary N) is 2. The molecule has 0 radical (unpaired) electrons. The molecule has 1 aliphatic heterocycles. The first kappa shape index (κ1) is 22.6. The summed E-state index contributed by atoms with van der Waals surface area (Å²) in [6.07, 6.45) is -4.49. The predicted octanol–water partition coefficient (Wildman–Crippen LogP) is 5.67. The number of halogens is 5. The van der Waals surface area contributed by atoms with E-state index in [1.165, 1.54) is 18.2 Å². The molecule has 30 heavy (non-hydrogen) atoms. The third-order valence-corrected chi connectivity index (χ3v) is 5.19. The highest BCUT2D eigenvalue weighted by Gasteiger charge is 2.31. The van der Waals surface area contributed by atoms with Gasteiger partial charge in [0.15, 0.2) is 5.11 Å². The number of morpholine rings is 1. The average Bonchev–Trinajstić information content (AvgIpc) is 2.69. The molecule has 0 amide bonds. The van der Waals surface area contributed by atoms with Crippen LogP contribution in [0.25, 0.3) is 0 Å². The molecule has 4 nitrogen and oxygen atoms in total. The number of hydrogen-bond donors (Lipinski definition) is 2. The van der Waals surface area contributed by atoms with E-state index in [-0.39, 0.29) is 10.8 Å². The summed E-state index contributed by atoms with van der Waals surface area (Å²) in [4.78, 5) is 2.31. The smallest absolute Gasteiger partial charge is 0.378 e. The van der Waals surface area contributed by atoms with Crippen LogP contribution < -0.4 is 15.5 Å². The van der Waals surface area contributed by atoms with Crippen LogP contribution in [0.15, 0.2) is 47.4 Å². The van der Waals surface area contributed by atoms with E-state index in [4.69, 9.17) is 17.0 Å². The van der Waals surface area contributed by atoms with Crippen LogP contribution in [0.1, 0.15) is 5.56 Å². The predicted molar refractivity (Wildman–Crippen MR) is 113 cm³/mol. The fourth-order valence-corrected chi connectivity index (χ4v) is 3.62. The maximum atomic E-state index is 13.2. The van der Waals surface area contributed by atoms with Crippen molar-refractivity contribution in [1.82, 2.24) is 0 Å². The Labute approximate surface area is 179 Å². The quantitative estimate of drug-likeness (QED) is 0.338. The molecular weight excluding hydrogens is 445 g/mol. The van der Waals surface area contributed by atoms with Gasteiger partial charge in [0.25, 0.3) is 5.76 Å². The van der Waals surface area contributed by atoms with Crippen LogP contribution in [-0.4, -0.2) is 37.2 Å². The molecule has 1 aliphatic rings. The van der Waals surface area contributed by atoms with E-state index < -0.39 is 17.5 Å². The van der Waals surface area contributed by atoms with E-state index >= 15 is 0 Å². The zero-order valence-electron chi connectivity index (χ0n) is 15.5. The summed E-state index contributed by atoms with van der Waals surface area (Å²) < 4.78 is 69.7. The van der Waals surface area contributed by atoms with Crippen molar-refractivity contribution in [2.75, 3.05) is 41.8 Å². The van der Waals surface area contributed by atoms with Crippen LogP contribution in [0.4, 0.5) is 39.0 Å². The van der Waals surface area contributed by atoms with E-state index in [0.29, 0.717) is 54.3 Å². The Balaban J connectivity index is 1.76. The molecule has 0 spiro atoms. The Hall–Kier alpha value is -2.11. The van der Waals surface area contributed by atoms with Crippen molar-refractivity contribution in [2.24, 2.45) is 0 Å². The lowest BCUT2D eigenvalue weighted by atomic mass is 10.1. The topological polar surface area (TPSA) is 36.5 Å². The number of rotatable bonds is 5. The molecule has 1 fully saturated rings. The molecule has 11 heteroatoms. The highest BCUT2D eigenvalue weighted by molar-refractivity contribution is 7.99. The molecule has 1 saturated heterocycles. The number of thiocarbonyl (C=S) groups is 1. The van der Waals surface area contributed by atoms with Crippen LogP contribution in [0.3, 0.4) is 0 Å². The third-order valence-electron chi connectivity index (χ3n) is 4.26. The van der Waals surface area contributed by atoms with Gasteiger partial charge >= 0.3 is 6.18 Å². The molecule has 0 atom stereocenters. The summed E-state index contributed by atoms with van der Waals surface area (Å²) in [7, 11) is 0. The molecule has 0 aromatic heterocycles. The highest BCUT2D eigenvalue weighted by atomic mass is 32.2. The minimum Gasteiger partial charge on any atom is -0.378 e. The van der Waals surface area contributed by atoms with Crippen molar-refractivity contribution in [2.45, 2.75) is 16.8 Å². The lowest BCUT2D eigenvalue weighted by molar-refractivity contribution is -0.137. The van der Waals surface area contributed by atoms with E-state index in [1.807, 2.05) is 4.90 Å². The fraction of sp³-hybridized carbons (Fsp3) is 0.316. The Morgan fingerprint density at radius 1 is 1.03 bits per heavy atom. The van der Waals surface area contributed by atoms with Crippen molar-refractivity contribution in [3.8, 4) is 0 Å². The van der Waals surface area contributed by atoms with Gasteiger partial charge in [0.05, 0.1) is 30.2 Å². The van der Waals surface area contributed by atoms with Gasteiger partial charge in [-0.1, -0.05) is 11.8 Å². The zero-order chi connectivity index (χ0) is 21.7. The van der Waals surface area contributed by atoms with Crippen molar-refractivity contribution < 1.29 is 26.7 Å². The Bertz CT molecular complexity index is 871. The second-order valence-electron chi connectivity index (χ2n) is 6.31.